The predicted molar refractivity (Wildman–Crippen MR) is 135 cm³/mol. The molecule has 4 heterocycles. The Hall–Kier alpha value is -4.33. The van der Waals surface area contributed by atoms with Crippen LogP contribution in [0.4, 0.5) is 5.82 Å². The lowest BCUT2D eigenvalue weighted by molar-refractivity contribution is -0.143. The first-order valence-corrected chi connectivity index (χ1v) is 11.7. The van der Waals surface area contributed by atoms with Crippen LogP contribution in [-0.4, -0.2) is 35.6 Å². The number of carboxylic acid groups (broad SMARTS) is 1. The number of nitrogens with zero attached hydrogens (tertiary/aromatic N) is 5. The lowest BCUT2D eigenvalue weighted by atomic mass is 9.86. The lowest BCUT2D eigenvalue weighted by Gasteiger charge is -2.27. The van der Waals surface area contributed by atoms with E-state index in [1.54, 1.807) is 6.20 Å². The number of benzene rings is 1. The van der Waals surface area contributed by atoms with Crippen LogP contribution in [0.1, 0.15) is 31.7 Å². The second-order valence-electron chi connectivity index (χ2n) is 9.07. The highest BCUT2D eigenvalue weighted by Gasteiger charge is 2.28. The third-order valence-corrected chi connectivity index (χ3v) is 7.01. The largest absolute Gasteiger partial charge is 0.481 e. The van der Waals surface area contributed by atoms with Crippen molar-refractivity contribution in [1.29, 1.82) is 0 Å². The molecule has 0 saturated heterocycles. The molecule has 0 atom stereocenters. The zero-order valence-corrected chi connectivity index (χ0v) is 19.0. The first kappa shape index (κ1) is 21.2. The van der Waals surface area contributed by atoms with Gasteiger partial charge in [-0.1, -0.05) is 24.3 Å². The number of hydrogen-bond acceptors (Lipinski definition) is 6. The number of rotatable bonds is 4. The van der Waals surface area contributed by atoms with Crippen molar-refractivity contribution in [3.8, 4) is 22.5 Å². The van der Waals surface area contributed by atoms with Crippen molar-refractivity contribution in [3.05, 3.63) is 67.3 Å². The maximum atomic E-state index is 11.4. The summed E-state index contributed by atoms with van der Waals surface area (Å²) in [5.74, 6) is -0.549. The van der Waals surface area contributed by atoms with Gasteiger partial charge in [0.1, 0.15) is 17.8 Å². The molecule has 1 aliphatic carbocycles. The number of carbonyl (C=O) groups is 1. The number of nitrogen functional groups attached to an aromatic ring is 1. The van der Waals surface area contributed by atoms with Crippen molar-refractivity contribution in [2.75, 3.05) is 5.73 Å². The monoisotopic (exact) mass is 464 g/mol. The molecule has 0 unspecified atom stereocenters. The fourth-order valence-electron chi connectivity index (χ4n) is 5.15. The average molecular weight is 465 g/mol. The van der Waals surface area contributed by atoms with Crippen LogP contribution in [-0.2, 0) is 4.79 Å². The zero-order valence-electron chi connectivity index (χ0n) is 19.0. The maximum Gasteiger partial charge on any atom is 0.306 e. The number of nitrogens with two attached hydrogens (primary N) is 1. The second-order valence-corrected chi connectivity index (χ2v) is 9.07. The van der Waals surface area contributed by atoms with Crippen molar-refractivity contribution < 1.29 is 9.90 Å². The van der Waals surface area contributed by atoms with E-state index < -0.39 is 5.97 Å². The Bertz CT molecular complexity index is 1550. The quantitative estimate of drug-likeness (QED) is 0.379. The summed E-state index contributed by atoms with van der Waals surface area (Å²) in [6.45, 7) is 0. The summed E-state index contributed by atoms with van der Waals surface area (Å²) < 4.78 is 2.16. The fourth-order valence-corrected chi connectivity index (χ4v) is 5.15. The van der Waals surface area contributed by atoms with Crippen LogP contribution in [0.3, 0.4) is 0 Å². The Morgan fingerprint density at radius 2 is 1.80 bits per heavy atom. The van der Waals surface area contributed by atoms with E-state index in [0.717, 1.165) is 57.3 Å². The molecule has 0 aliphatic heterocycles. The fraction of sp³-hybridized carbons (Fsp3) is 0.222. The van der Waals surface area contributed by atoms with Crippen molar-refractivity contribution in [3.63, 3.8) is 0 Å². The average Bonchev–Trinajstić information content (AvgIpc) is 3.30. The van der Waals surface area contributed by atoms with E-state index in [1.807, 2.05) is 24.3 Å². The van der Waals surface area contributed by atoms with Gasteiger partial charge in [0.2, 0.25) is 0 Å². The first-order chi connectivity index (χ1) is 17.1. The molecule has 1 saturated carbocycles. The Morgan fingerprint density at radius 1 is 0.971 bits per heavy atom. The van der Waals surface area contributed by atoms with Crippen molar-refractivity contribution >= 4 is 33.7 Å². The van der Waals surface area contributed by atoms with Gasteiger partial charge in [-0.05, 0) is 55.5 Å². The summed E-state index contributed by atoms with van der Waals surface area (Å²) in [4.78, 5) is 29.5. The highest BCUT2D eigenvalue weighted by molar-refractivity contribution is 6.02. The molecular weight excluding hydrogens is 440 g/mol. The number of aromatic nitrogens is 5. The molecule has 1 fully saturated rings. The van der Waals surface area contributed by atoms with Gasteiger partial charge in [0.15, 0.2) is 0 Å². The minimum absolute atomic E-state index is 0.172. The molecule has 8 nitrogen and oxygen atoms in total. The van der Waals surface area contributed by atoms with Crippen LogP contribution in [0.5, 0.6) is 0 Å². The Labute approximate surface area is 201 Å². The van der Waals surface area contributed by atoms with Gasteiger partial charge in [-0.3, -0.25) is 9.78 Å². The van der Waals surface area contributed by atoms with Crippen LogP contribution < -0.4 is 5.73 Å². The van der Waals surface area contributed by atoms with E-state index in [-0.39, 0.29) is 12.0 Å². The normalized spacial score (nSPS) is 18.2. The first-order valence-electron chi connectivity index (χ1n) is 11.7. The topological polar surface area (TPSA) is 120 Å². The zero-order chi connectivity index (χ0) is 23.9. The third-order valence-electron chi connectivity index (χ3n) is 7.01. The number of pyridine rings is 2. The van der Waals surface area contributed by atoms with Gasteiger partial charge in [-0.15, -0.1) is 0 Å². The predicted octanol–water partition coefficient (Wildman–Crippen LogP) is 5.11. The second kappa shape index (κ2) is 8.47. The summed E-state index contributed by atoms with van der Waals surface area (Å²) in [5, 5.41) is 11.2. The highest BCUT2D eigenvalue weighted by Crippen LogP contribution is 2.39. The molecule has 0 radical (unpaired) electrons. The van der Waals surface area contributed by atoms with Crippen molar-refractivity contribution in [2.45, 2.75) is 31.7 Å². The molecule has 0 bridgehead atoms. The lowest BCUT2D eigenvalue weighted by Crippen LogP contribution is -2.23. The van der Waals surface area contributed by atoms with Crippen LogP contribution in [0.15, 0.2) is 67.3 Å². The minimum atomic E-state index is -0.707. The number of hydrogen-bond donors (Lipinski definition) is 2. The Morgan fingerprint density at radius 3 is 2.57 bits per heavy atom. The molecule has 1 aromatic carbocycles. The van der Waals surface area contributed by atoms with Crippen molar-refractivity contribution in [2.24, 2.45) is 5.92 Å². The molecular formula is C27H24N6O2. The number of fused-ring (bicyclic) bond motifs is 2. The summed E-state index contributed by atoms with van der Waals surface area (Å²) in [5.41, 5.74) is 11.6. The minimum Gasteiger partial charge on any atom is -0.481 e. The van der Waals surface area contributed by atoms with Gasteiger partial charge in [0.25, 0.3) is 0 Å². The highest BCUT2D eigenvalue weighted by atomic mass is 16.4. The summed E-state index contributed by atoms with van der Waals surface area (Å²) in [6.07, 6.45) is 8.23. The standard InChI is InChI=1S/C27H24N6O2/c28-25-24-20(14-33(26(24)31-15-30-25)19-9-6-17(7-10-19)27(34)35)18-5-4-16-8-11-22(32-23(16)13-18)21-3-1-2-12-29-21/h1-5,8,11-15,17,19H,6-7,9-10H2,(H,34,35)(H2,28,30,31). The van der Waals surface area contributed by atoms with Crippen LogP contribution in [0.2, 0.25) is 0 Å². The van der Waals surface area contributed by atoms with E-state index in [0.29, 0.717) is 18.7 Å². The Balaban J connectivity index is 1.44. The SMILES string of the molecule is Nc1ncnc2c1c(-c1ccc3ccc(-c4ccccn4)nc3c1)cn2C1CCC(C(=O)O)CC1. The van der Waals surface area contributed by atoms with Crippen LogP contribution >= 0.6 is 0 Å². The van der Waals surface area contributed by atoms with Crippen LogP contribution in [0, 0.1) is 5.92 Å². The van der Waals surface area contributed by atoms with E-state index in [4.69, 9.17) is 10.7 Å². The van der Waals surface area contributed by atoms with Crippen molar-refractivity contribution in [1.82, 2.24) is 24.5 Å². The summed E-state index contributed by atoms with van der Waals surface area (Å²) in [7, 11) is 0. The third kappa shape index (κ3) is 3.77. The molecule has 1 aliphatic rings. The van der Waals surface area contributed by atoms with E-state index in [2.05, 4.69) is 50.0 Å². The molecule has 35 heavy (non-hydrogen) atoms. The number of anilines is 1. The van der Waals surface area contributed by atoms with Gasteiger partial charge in [0, 0.05) is 29.4 Å². The molecule has 8 heteroatoms. The maximum absolute atomic E-state index is 11.4. The Kier molecular flexibility index (Phi) is 5.13. The summed E-state index contributed by atoms with van der Waals surface area (Å²) in [6, 6.07) is 16.2. The molecule has 4 aromatic heterocycles. The van der Waals surface area contributed by atoms with E-state index in [9.17, 15) is 9.90 Å². The molecule has 5 aromatic rings. The van der Waals surface area contributed by atoms with Gasteiger partial charge >= 0.3 is 5.97 Å². The summed E-state index contributed by atoms with van der Waals surface area (Å²) >= 11 is 0. The molecule has 0 amide bonds. The number of carboxylic acids is 1. The number of aliphatic carboxylic acids is 1. The molecule has 174 valence electrons. The molecule has 0 spiro atoms. The van der Waals surface area contributed by atoms with E-state index in [1.165, 1.54) is 6.33 Å². The van der Waals surface area contributed by atoms with Gasteiger partial charge in [-0.25, -0.2) is 15.0 Å². The van der Waals surface area contributed by atoms with Gasteiger partial charge < -0.3 is 15.4 Å². The molecule has 6 rings (SSSR count). The van der Waals surface area contributed by atoms with E-state index >= 15 is 0 Å². The van der Waals surface area contributed by atoms with Gasteiger partial charge in [0.05, 0.1) is 28.2 Å². The van der Waals surface area contributed by atoms with Crippen LogP contribution in [0.25, 0.3) is 44.5 Å². The smallest absolute Gasteiger partial charge is 0.306 e. The molecule has 3 N–H and O–H groups in total. The van der Waals surface area contributed by atoms with Gasteiger partial charge in [-0.2, -0.15) is 0 Å².